The van der Waals surface area contributed by atoms with Gasteiger partial charge in [0.25, 0.3) is 0 Å². The lowest BCUT2D eigenvalue weighted by Crippen LogP contribution is -2.09. The Hall–Kier alpha value is -1.24. The van der Waals surface area contributed by atoms with E-state index in [1.165, 1.54) is 5.56 Å². The second-order valence-electron chi connectivity index (χ2n) is 2.71. The van der Waals surface area contributed by atoms with Crippen molar-refractivity contribution in [3.05, 3.63) is 42.0 Å². The topological polar surface area (TPSA) is 0 Å². The van der Waals surface area contributed by atoms with E-state index in [0.717, 1.165) is 16.6 Å². The van der Waals surface area contributed by atoms with Crippen LogP contribution in [0.5, 0.6) is 0 Å². The van der Waals surface area contributed by atoms with Crippen LogP contribution in [0.15, 0.2) is 25.3 Å². The molecule has 1 heteroatoms. The van der Waals surface area contributed by atoms with E-state index in [1.54, 1.807) is 6.08 Å². The van der Waals surface area contributed by atoms with Crippen molar-refractivity contribution >= 4 is 25.5 Å². The van der Waals surface area contributed by atoms with Gasteiger partial charge in [-0.1, -0.05) is 42.9 Å². The van der Waals surface area contributed by atoms with E-state index in [-0.39, 0.29) is 0 Å². The zero-order valence-corrected chi connectivity index (χ0v) is 7.30. The van der Waals surface area contributed by atoms with Gasteiger partial charge in [-0.05, 0) is 23.6 Å². The van der Waals surface area contributed by atoms with Crippen LogP contribution in [0.25, 0.3) is 12.2 Å². The molecule has 0 nitrogen and oxygen atoms in total. The van der Waals surface area contributed by atoms with Crippen LogP contribution in [-0.4, -0.2) is 7.85 Å². The summed E-state index contributed by atoms with van der Waals surface area (Å²) in [6.45, 7) is 9.48. The van der Waals surface area contributed by atoms with Crippen LogP contribution >= 0.6 is 0 Å². The SMILES string of the molecule is [B]c1ccc(C)c(C=C)c1C=C. The molecule has 0 amide bonds. The summed E-state index contributed by atoms with van der Waals surface area (Å²) in [4.78, 5) is 0. The maximum absolute atomic E-state index is 5.76. The number of hydrogen-bond acceptors (Lipinski definition) is 0. The smallest absolute Gasteiger partial charge is 0.0985 e. The van der Waals surface area contributed by atoms with Crippen LogP contribution in [0, 0.1) is 6.92 Å². The van der Waals surface area contributed by atoms with Crippen molar-refractivity contribution in [1.82, 2.24) is 0 Å². The molecule has 1 aromatic rings. The van der Waals surface area contributed by atoms with Gasteiger partial charge in [-0.3, -0.25) is 0 Å². The lowest BCUT2D eigenvalue weighted by molar-refractivity contribution is 1.45. The highest BCUT2D eigenvalue weighted by atomic mass is 14.0. The molecule has 0 saturated carbocycles. The van der Waals surface area contributed by atoms with Gasteiger partial charge in [0, 0.05) is 0 Å². The lowest BCUT2D eigenvalue weighted by Gasteiger charge is -2.08. The van der Waals surface area contributed by atoms with Crippen LogP contribution in [0.1, 0.15) is 16.7 Å². The van der Waals surface area contributed by atoms with Crippen molar-refractivity contribution in [3.8, 4) is 0 Å². The Kier molecular flexibility index (Phi) is 2.54. The molecule has 0 aliphatic carbocycles. The van der Waals surface area contributed by atoms with E-state index in [1.807, 2.05) is 25.1 Å². The Balaban J connectivity index is 3.48. The van der Waals surface area contributed by atoms with Crippen molar-refractivity contribution in [1.29, 1.82) is 0 Å². The molecule has 0 fully saturated rings. The van der Waals surface area contributed by atoms with Crippen LogP contribution < -0.4 is 5.46 Å². The first-order valence-electron chi connectivity index (χ1n) is 3.84. The standard InChI is InChI=1S/C11H11B/c1-4-9-8(3)6-7-11(12)10(9)5-2/h4-7H,1-2H2,3H3. The van der Waals surface area contributed by atoms with Crippen molar-refractivity contribution in [2.45, 2.75) is 6.92 Å². The minimum absolute atomic E-state index is 0.755. The third-order valence-electron chi connectivity index (χ3n) is 1.95. The molecule has 0 heterocycles. The number of aryl methyl sites for hydroxylation is 1. The van der Waals surface area contributed by atoms with Gasteiger partial charge in [-0.15, -0.1) is 0 Å². The third-order valence-corrected chi connectivity index (χ3v) is 1.95. The van der Waals surface area contributed by atoms with E-state index in [9.17, 15) is 0 Å². The Labute approximate surface area is 75.0 Å². The molecule has 12 heavy (non-hydrogen) atoms. The maximum Gasteiger partial charge on any atom is 0.114 e. The zero-order valence-electron chi connectivity index (χ0n) is 7.30. The highest BCUT2D eigenvalue weighted by Gasteiger charge is 2.01. The monoisotopic (exact) mass is 154 g/mol. The van der Waals surface area contributed by atoms with E-state index >= 15 is 0 Å². The summed E-state index contributed by atoms with van der Waals surface area (Å²) in [5.41, 5.74) is 3.98. The first-order chi connectivity index (χ1) is 5.70. The summed E-state index contributed by atoms with van der Waals surface area (Å²) in [6, 6.07) is 3.87. The second-order valence-corrected chi connectivity index (χ2v) is 2.71. The molecule has 0 saturated heterocycles. The van der Waals surface area contributed by atoms with Gasteiger partial charge in [0.1, 0.15) is 7.85 Å². The summed E-state index contributed by atoms with van der Waals surface area (Å²) in [5.74, 6) is 0. The van der Waals surface area contributed by atoms with Crippen molar-refractivity contribution in [3.63, 3.8) is 0 Å². The number of rotatable bonds is 2. The number of hydrogen-bond donors (Lipinski definition) is 0. The second kappa shape index (κ2) is 3.44. The fourth-order valence-electron chi connectivity index (χ4n) is 1.26. The Morgan fingerprint density at radius 1 is 1.17 bits per heavy atom. The summed E-state index contributed by atoms with van der Waals surface area (Å²) in [5, 5.41) is 0. The van der Waals surface area contributed by atoms with E-state index in [4.69, 9.17) is 7.85 Å². The van der Waals surface area contributed by atoms with Gasteiger partial charge >= 0.3 is 0 Å². The maximum atomic E-state index is 5.76. The Morgan fingerprint density at radius 3 is 2.17 bits per heavy atom. The average molecular weight is 154 g/mol. The fourth-order valence-corrected chi connectivity index (χ4v) is 1.26. The molecule has 1 rings (SSSR count). The predicted octanol–water partition coefficient (Wildman–Crippen LogP) is 2.07. The molecule has 0 N–H and O–H groups in total. The molecule has 0 aliphatic heterocycles. The number of benzene rings is 1. The van der Waals surface area contributed by atoms with E-state index in [0.29, 0.717) is 0 Å². The van der Waals surface area contributed by atoms with Gasteiger partial charge in [-0.2, -0.15) is 0 Å². The van der Waals surface area contributed by atoms with Gasteiger partial charge in [-0.25, -0.2) is 0 Å². The van der Waals surface area contributed by atoms with Gasteiger partial charge in [0.15, 0.2) is 0 Å². The van der Waals surface area contributed by atoms with Crippen molar-refractivity contribution in [2.24, 2.45) is 0 Å². The molecule has 0 spiro atoms. The molecular weight excluding hydrogens is 143 g/mol. The minimum Gasteiger partial charge on any atom is -0.0985 e. The van der Waals surface area contributed by atoms with E-state index in [2.05, 4.69) is 13.2 Å². The first-order valence-corrected chi connectivity index (χ1v) is 3.84. The third kappa shape index (κ3) is 1.35. The summed E-state index contributed by atoms with van der Waals surface area (Å²) >= 11 is 0. The molecule has 0 unspecified atom stereocenters. The Bertz CT molecular complexity index is 291. The van der Waals surface area contributed by atoms with Crippen LogP contribution in [0.3, 0.4) is 0 Å². The minimum atomic E-state index is 0.755. The highest BCUT2D eigenvalue weighted by molar-refractivity contribution is 6.34. The van der Waals surface area contributed by atoms with Gasteiger partial charge < -0.3 is 0 Å². The molecule has 0 bridgehead atoms. The average Bonchev–Trinajstić information content (AvgIpc) is 2.08. The van der Waals surface area contributed by atoms with Crippen LogP contribution in [0.2, 0.25) is 0 Å². The summed E-state index contributed by atoms with van der Waals surface area (Å²) in [6.07, 6.45) is 3.57. The van der Waals surface area contributed by atoms with Crippen LogP contribution in [-0.2, 0) is 0 Å². The molecular formula is C11H11B. The molecule has 0 aromatic heterocycles. The highest BCUT2D eigenvalue weighted by Crippen LogP contribution is 2.13. The summed E-state index contributed by atoms with van der Waals surface area (Å²) < 4.78 is 0. The quantitative estimate of drug-likeness (QED) is 0.572. The van der Waals surface area contributed by atoms with E-state index < -0.39 is 0 Å². The van der Waals surface area contributed by atoms with Crippen molar-refractivity contribution in [2.75, 3.05) is 0 Å². The fraction of sp³-hybridized carbons (Fsp3) is 0.0909. The lowest BCUT2D eigenvalue weighted by atomic mass is 9.86. The Morgan fingerprint density at radius 2 is 1.75 bits per heavy atom. The first kappa shape index (κ1) is 8.86. The zero-order chi connectivity index (χ0) is 9.14. The normalized spacial score (nSPS) is 9.42. The molecule has 2 radical (unpaired) electrons. The molecule has 58 valence electrons. The van der Waals surface area contributed by atoms with Gasteiger partial charge in [0.05, 0.1) is 0 Å². The molecule has 0 atom stereocenters. The van der Waals surface area contributed by atoms with Crippen LogP contribution in [0.4, 0.5) is 0 Å². The summed E-state index contributed by atoms with van der Waals surface area (Å²) in [7, 11) is 5.76. The van der Waals surface area contributed by atoms with Crippen molar-refractivity contribution < 1.29 is 0 Å². The predicted molar refractivity (Wildman–Crippen MR) is 56.7 cm³/mol. The molecule has 1 aromatic carbocycles. The van der Waals surface area contributed by atoms with Gasteiger partial charge in [0.2, 0.25) is 0 Å². The molecule has 0 aliphatic rings. The largest absolute Gasteiger partial charge is 0.114 e.